The zero-order valence-electron chi connectivity index (χ0n) is 14.0. The van der Waals surface area contributed by atoms with Crippen molar-refractivity contribution in [2.45, 2.75) is 12.6 Å². The fraction of sp³-hybridized carbons (Fsp3) is 0.235. The van der Waals surface area contributed by atoms with Crippen LogP contribution in [-0.2, 0) is 19.6 Å². The number of carbonyl (C=O) groups is 1. The first-order valence-electron chi connectivity index (χ1n) is 7.83. The minimum atomic E-state index is -4.72. The van der Waals surface area contributed by atoms with Gasteiger partial charge in [0.05, 0.1) is 11.3 Å². The van der Waals surface area contributed by atoms with Gasteiger partial charge in [-0.25, -0.2) is 9.37 Å². The molecule has 0 aliphatic carbocycles. The lowest BCUT2D eigenvalue weighted by molar-refractivity contribution is -0.141. The average Bonchev–Trinajstić information content (AvgIpc) is 3.22. The summed E-state index contributed by atoms with van der Waals surface area (Å²) in [5, 5.41) is 5.70. The number of aryl methyl sites for hydroxylation is 1. The number of aromatic nitrogens is 3. The fourth-order valence-corrected chi connectivity index (χ4v) is 2.41. The van der Waals surface area contributed by atoms with Gasteiger partial charge in [-0.3, -0.25) is 9.48 Å². The number of benzene rings is 1. The zero-order valence-corrected chi connectivity index (χ0v) is 14.0. The van der Waals surface area contributed by atoms with Gasteiger partial charge in [-0.1, -0.05) is 0 Å². The zero-order chi connectivity index (χ0) is 19.6. The summed E-state index contributed by atoms with van der Waals surface area (Å²) in [5.41, 5.74) is -0.701. The molecule has 0 saturated carbocycles. The monoisotopic (exact) mass is 382 g/mol. The number of hydrogen-bond acceptors (Lipinski definition) is 4. The van der Waals surface area contributed by atoms with E-state index in [-0.39, 0.29) is 24.7 Å². The topological polar surface area (TPSA) is 73.0 Å². The molecule has 0 aliphatic heterocycles. The molecule has 6 nitrogen and oxygen atoms in total. The molecule has 1 aromatic carbocycles. The van der Waals surface area contributed by atoms with E-state index >= 15 is 0 Å². The van der Waals surface area contributed by atoms with Gasteiger partial charge >= 0.3 is 6.18 Å². The Labute approximate surface area is 150 Å². The Kier molecular flexibility index (Phi) is 4.98. The van der Waals surface area contributed by atoms with Crippen LogP contribution in [0.15, 0.2) is 41.1 Å². The standard InChI is InChI=1S/C17H14F4N4O2/c1-25-8-13(14(24-25)17(19,20)21)15(26)22-7-6-12-9-27-16(23-12)10-2-4-11(18)5-3-10/h2-5,8-9H,6-7H2,1H3,(H,22,26). The van der Waals surface area contributed by atoms with Crippen LogP contribution in [0, 0.1) is 5.82 Å². The molecule has 2 heterocycles. The molecule has 2 aromatic heterocycles. The van der Waals surface area contributed by atoms with E-state index < -0.39 is 23.3 Å². The first-order chi connectivity index (χ1) is 12.7. The molecule has 0 saturated heterocycles. The van der Waals surface area contributed by atoms with Crippen LogP contribution < -0.4 is 5.32 Å². The Morgan fingerprint density at radius 2 is 1.96 bits per heavy atom. The van der Waals surface area contributed by atoms with Crippen LogP contribution in [0.4, 0.5) is 17.6 Å². The minimum Gasteiger partial charge on any atom is -0.444 e. The normalized spacial score (nSPS) is 11.6. The van der Waals surface area contributed by atoms with Crippen molar-refractivity contribution in [2.24, 2.45) is 7.05 Å². The number of amides is 1. The van der Waals surface area contributed by atoms with E-state index in [4.69, 9.17) is 4.42 Å². The van der Waals surface area contributed by atoms with Crippen molar-refractivity contribution < 1.29 is 26.8 Å². The Morgan fingerprint density at radius 3 is 2.63 bits per heavy atom. The summed E-state index contributed by atoms with van der Waals surface area (Å²) in [6.07, 6.45) is -2.08. The molecule has 3 rings (SSSR count). The molecule has 0 fully saturated rings. The minimum absolute atomic E-state index is 0.0560. The van der Waals surface area contributed by atoms with Gasteiger partial charge in [-0.2, -0.15) is 18.3 Å². The molecule has 0 bridgehead atoms. The SMILES string of the molecule is Cn1cc(C(=O)NCCc2coc(-c3ccc(F)cc3)n2)c(C(F)(F)F)n1. The van der Waals surface area contributed by atoms with Crippen molar-refractivity contribution in [3.8, 4) is 11.5 Å². The van der Waals surface area contributed by atoms with Gasteiger partial charge in [0.2, 0.25) is 5.89 Å². The van der Waals surface area contributed by atoms with E-state index in [0.717, 1.165) is 10.9 Å². The smallest absolute Gasteiger partial charge is 0.435 e. The first kappa shape index (κ1) is 18.6. The number of carbonyl (C=O) groups excluding carboxylic acids is 1. The lowest BCUT2D eigenvalue weighted by Gasteiger charge is -2.06. The number of rotatable bonds is 5. The second kappa shape index (κ2) is 7.22. The van der Waals surface area contributed by atoms with Crippen molar-refractivity contribution in [2.75, 3.05) is 6.54 Å². The fourth-order valence-electron chi connectivity index (χ4n) is 2.41. The lowest BCUT2D eigenvalue weighted by Crippen LogP contribution is -2.27. The molecule has 10 heteroatoms. The van der Waals surface area contributed by atoms with Crippen LogP contribution in [-0.4, -0.2) is 27.2 Å². The maximum Gasteiger partial charge on any atom is 0.435 e. The third-order valence-electron chi connectivity index (χ3n) is 3.65. The Balaban J connectivity index is 1.61. The molecule has 0 aliphatic rings. The average molecular weight is 382 g/mol. The van der Waals surface area contributed by atoms with E-state index in [1.54, 1.807) is 0 Å². The number of nitrogens with one attached hydrogen (secondary N) is 1. The van der Waals surface area contributed by atoms with Gasteiger partial charge in [0, 0.05) is 31.8 Å². The van der Waals surface area contributed by atoms with Gasteiger partial charge in [0.25, 0.3) is 5.91 Å². The first-order valence-corrected chi connectivity index (χ1v) is 7.83. The van der Waals surface area contributed by atoms with E-state index in [0.29, 0.717) is 11.3 Å². The highest BCUT2D eigenvalue weighted by molar-refractivity contribution is 5.95. The van der Waals surface area contributed by atoms with Gasteiger partial charge in [-0.15, -0.1) is 0 Å². The lowest BCUT2D eigenvalue weighted by atomic mass is 10.2. The molecule has 0 spiro atoms. The molecule has 0 atom stereocenters. The van der Waals surface area contributed by atoms with Gasteiger partial charge in [-0.05, 0) is 24.3 Å². The molecule has 0 unspecified atom stereocenters. The van der Waals surface area contributed by atoms with E-state index in [1.807, 2.05) is 0 Å². The van der Waals surface area contributed by atoms with E-state index in [9.17, 15) is 22.4 Å². The summed E-state index contributed by atoms with van der Waals surface area (Å²) in [5.74, 6) is -0.984. The number of hydrogen-bond donors (Lipinski definition) is 1. The van der Waals surface area contributed by atoms with Gasteiger partial charge in [0.1, 0.15) is 12.1 Å². The molecule has 1 N–H and O–H groups in total. The van der Waals surface area contributed by atoms with Crippen LogP contribution in [0.3, 0.4) is 0 Å². The number of nitrogens with zero attached hydrogens (tertiary/aromatic N) is 3. The Hall–Kier alpha value is -3.17. The summed E-state index contributed by atoms with van der Waals surface area (Å²) in [6.45, 7) is 0.0560. The maximum atomic E-state index is 12.9. The van der Waals surface area contributed by atoms with Crippen molar-refractivity contribution in [3.05, 3.63) is 59.5 Å². The molecule has 0 radical (unpaired) electrons. The molecule has 1 amide bonds. The second-order valence-corrected chi connectivity index (χ2v) is 5.72. The van der Waals surface area contributed by atoms with Crippen LogP contribution in [0.25, 0.3) is 11.5 Å². The molecule has 3 aromatic rings. The predicted molar refractivity (Wildman–Crippen MR) is 86.1 cm³/mol. The highest BCUT2D eigenvalue weighted by Crippen LogP contribution is 2.30. The van der Waals surface area contributed by atoms with Crippen LogP contribution >= 0.6 is 0 Å². The summed E-state index contributed by atoms with van der Waals surface area (Å²) in [7, 11) is 1.30. The summed E-state index contributed by atoms with van der Waals surface area (Å²) >= 11 is 0. The second-order valence-electron chi connectivity index (χ2n) is 5.72. The van der Waals surface area contributed by atoms with Gasteiger partial charge in [0.15, 0.2) is 5.69 Å². The summed E-state index contributed by atoms with van der Waals surface area (Å²) < 4.78 is 57.8. The maximum absolute atomic E-state index is 12.9. The van der Waals surface area contributed by atoms with Crippen LogP contribution in [0.5, 0.6) is 0 Å². The number of alkyl halides is 3. The third kappa shape index (κ3) is 4.33. The largest absolute Gasteiger partial charge is 0.444 e. The molecular formula is C17H14F4N4O2. The van der Waals surface area contributed by atoms with Crippen LogP contribution in [0.2, 0.25) is 0 Å². The third-order valence-corrected chi connectivity index (χ3v) is 3.65. The summed E-state index contributed by atoms with van der Waals surface area (Å²) in [4.78, 5) is 16.2. The predicted octanol–water partition coefficient (Wildman–Crippen LogP) is 3.21. The molecule has 27 heavy (non-hydrogen) atoms. The Bertz CT molecular complexity index is 945. The molecule has 142 valence electrons. The van der Waals surface area contributed by atoms with Crippen molar-refractivity contribution in [3.63, 3.8) is 0 Å². The van der Waals surface area contributed by atoms with E-state index in [2.05, 4.69) is 15.4 Å². The van der Waals surface area contributed by atoms with Gasteiger partial charge < -0.3 is 9.73 Å². The number of halogens is 4. The highest BCUT2D eigenvalue weighted by atomic mass is 19.4. The van der Waals surface area contributed by atoms with E-state index in [1.165, 1.54) is 37.6 Å². The quantitative estimate of drug-likeness (QED) is 0.688. The Morgan fingerprint density at radius 1 is 1.26 bits per heavy atom. The van der Waals surface area contributed by atoms with Crippen LogP contribution in [0.1, 0.15) is 21.7 Å². The van der Waals surface area contributed by atoms with Crippen molar-refractivity contribution >= 4 is 5.91 Å². The molecular weight excluding hydrogens is 368 g/mol. The highest BCUT2D eigenvalue weighted by Gasteiger charge is 2.38. The summed E-state index contributed by atoms with van der Waals surface area (Å²) in [6, 6.07) is 5.55. The van der Waals surface area contributed by atoms with Crippen molar-refractivity contribution in [1.29, 1.82) is 0 Å². The van der Waals surface area contributed by atoms with Crippen molar-refractivity contribution in [1.82, 2.24) is 20.1 Å². The number of oxazole rings is 1.